The highest BCUT2D eigenvalue weighted by molar-refractivity contribution is 4.68. The molecule has 0 saturated carbocycles. The van der Waals surface area contributed by atoms with Crippen LogP contribution < -0.4 is 0 Å². The van der Waals surface area contributed by atoms with Crippen molar-refractivity contribution in [2.45, 2.75) is 52.7 Å². The Labute approximate surface area is 112 Å². The predicted octanol–water partition coefficient (Wildman–Crippen LogP) is 1.50. The van der Waals surface area contributed by atoms with Crippen molar-refractivity contribution in [3.63, 3.8) is 0 Å². The molecule has 0 bridgehead atoms. The number of ether oxygens (including phenoxy) is 1. The van der Waals surface area contributed by atoms with Gasteiger partial charge in [-0.2, -0.15) is 0 Å². The Morgan fingerprint density at radius 1 is 1.06 bits per heavy atom. The van der Waals surface area contributed by atoms with E-state index in [9.17, 15) is 10.2 Å². The molecule has 0 aromatic rings. The summed E-state index contributed by atoms with van der Waals surface area (Å²) in [6.07, 6.45) is 1.31. The molecule has 0 aromatic heterocycles. The second-order valence-electron chi connectivity index (χ2n) is 5.54. The summed E-state index contributed by atoms with van der Waals surface area (Å²) in [4.78, 5) is 2.10. The SMILES string of the molecule is CCCCOCC(O)CN(CC(C)C)CC(C)O. The average Bonchev–Trinajstić information content (AvgIpc) is 2.22. The normalized spacial score (nSPS) is 15.3. The predicted molar refractivity (Wildman–Crippen MR) is 74.7 cm³/mol. The van der Waals surface area contributed by atoms with Crippen molar-refractivity contribution >= 4 is 0 Å². The molecule has 2 atom stereocenters. The summed E-state index contributed by atoms with van der Waals surface area (Å²) < 4.78 is 5.41. The first-order chi connectivity index (χ1) is 8.45. The largest absolute Gasteiger partial charge is 0.392 e. The minimum Gasteiger partial charge on any atom is -0.392 e. The van der Waals surface area contributed by atoms with Crippen LogP contribution in [0.15, 0.2) is 0 Å². The lowest BCUT2D eigenvalue weighted by atomic mass is 10.2. The van der Waals surface area contributed by atoms with Crippen LogP contribution in [-0.4, -0.2) is 60.2 Å². The van der Waals surface area contributed by atoms with Crippen molar-refractivity contribution in [1.29, 1.82) is 0 Å². The van der Waals surface area contributed by atoms with Gasteiger partial charge in [0.05, 0.1) is 18.8 Å². The Bertz CT molecular complexity index is 176. The minimum atomic E-state index is -0.473. The molecule has 4 nitrogen and oxygen atoms in total. The molecule has 0 amide bonds. The first-order valence-electron chi connectivity index (χ1n) is 7.11. The van der Waals surface area contributed by atoms with Crippen LogP contribution in [-0.2, 0) is 4.74 Å². The summed E-state index contributed by atoms with van der Waals surface area (Å²) in [6, 6.07) is 0. The summed E-state index contributed by atoms with van der Waals surface area (Å²) in [6.45, 7) is 11.3. The van der Waals surface area contributed by atoms with E-state index in [-0.39, 0.29) is 6.10 Å². The molecule has 4 heteroatoms. The third-order valence-corrected chi connectivity index (χ3v) is 2.57. The maximum absolute atomic E-state index is 9.90. The molecule has 0 spiro atoms. The molecule has 0 radical (unpaired) electrons. The van der Waals surface area contributed by atoms with E-state index >= 15 is 0 Å². The van der Waals surface area contributed by atoms with Crippen LogP contribution in [0.5, 0.6) is 0 Å². The molecule has 2 unspecified atom stereocenters. The summed E-state index contributed by atoms with van der Waals surface area (Å²) in [7, 11) is 0. The van der Waals surface area contributed by atoms with Crippen molar-refractivity contribution in [2.75, 3.05) is 32.8 Å². The number of rotatable bonds is 11. The Hall–Kier alpha value is -0.160. The van der Waals surface area contributed by atoms with Gasteiger partial charge in [-0.15, -0.1) is 0 Å². The lowest BCUT2D eigenvalue weighted by Crippen LogP contribution is -2.40. The molecular weight excluding hydrogens is 230 g/mol. The van der Waals surface area contributed by atoms with Gasteiger partial charge in [-0.3, -0.25) is 4.90 Å². The van der Waals surface area contributed by atoms with Gasteiger partial charge in [0.1, 0.15) is 0 Å². The van der Waals surface area contributed by atoms with E-state index in [1.54, 1.807) is 6.92 Å². The Balaban J connectivity index is 3.89. The molecule has 110 valence electrons. The fourth-order valence-electron chi connectivity index (χ4n) is 1.93. The quantitative estimate of drug-likeness (QED) is 0.554. The van der Waals surface area contributed by atoms with Crippen molar-refractivity contribution in [2.24, 2.45) is 5.92 Å². The van der Waals surface area contributed by atoms with Crippen molar-refractivity contribution in [1.82, 2.24) is 4.90 Å². The van der Waals surface area contributed by atoms with Crippen molar-refractivity contribution in [3.05, 3.63) is 0 Å². The van der Waals surface area contributed by atoms with Crippen LogP contribution in [0.3, 0.4) is 0 Å². The van der Waals surface area contributed by atoms with E-state index in [0.717, 1.165) is 19.4 Å². The van der Waals surface area contributed by atoms with Gasteiger partial charge in [0, 0.05) is 26.2 Å². The molecule has 18 heavy (non-hydrogen) atoms. The van der Waals surface area contributed by atoms with Crippen LogP contribution in [0.25, 0.3) is 0 Å². The van der Waals surface area contributed by atoms with Crippen molar-refractivity contribution in [3.8, 4) is 0 Å². The monoisotopic (exact) mass is 261 g/mol. The first kappa shape index (κ1) is 17.8. The molecule has 0 heterocycles. The van der Waals surface area contributed by atoms with Crippen LogP contribution in [0.2, 0.25) is 0 Å². The van der Waals surface area contributed by atoms with Gasteiger partial charge in [-0.1, -0.05) is 27.2 Å². The maximum atomic E-state index is 9.90. The highest BCUT2D eigenvalue weighted by Crippen LogP contribution is 2.02. The summed E-state index contributed by atoms with van der Waals surface area (Å²) >= 11 is 0. The molecule has 2 N–H and O–H groups in total. The Morgan fingerprint density at radius 2 is 1.72 bits per heavy atom. The van der Waals surface area contributed by atoms with Crippen LogP contribution in [0.1, 0.15) is 40.5 Å². The number of hydrogen-bond donors (Lipinski definition) is 2. The molecule has 0 aliphatic heterocycles. The van der Waals surface area contributed by atoms with Gasteiger partial charge in [0.15, 0.2) is 0 Å². The van der Waals surface area contributed by atoms with Gasteiger partial charge in [-0.25, -0.2) is 0 Å². The molecule has 0 rings (SSSR count). The molecule has 0 saturated heterocycles. The number of unbranched alkanes of at least 4 members (excludes halogenated alkanes) is 1. The standard InChI is InChI=1S/C14H31NO3/c1-5-6-7-18-11-14(17)10-15(8-12(2)3)9-13(4)16/h12-14,16-17H,5-11H2,1-4H3. The zero-order chi connectivity index (χ0) is 14.0. The van der Waals surface area contributed by atoms with Crippen molar-refractivity contribution < 1.29 is 14.9 Å². The van der Waals surface area contributed by atoms with E-state index in [4.69, 9.17) is 4.74 Å². The van der Waals surface area contributed by atoms with Gasteiger partial charge >= 0.3 is 0 Å². The number of nitrogens with zero attached hydrogens (tertiary/aromatic N) is 1. The fourth-order valence-corrected chi connectivity index (χ4v) is 1.93. The number of hydrogen-bond acceptors (Lipinski definition) is 4. The van der Waals surface area contributed by atoms with Crippen LogP contribution in [0.4, 0.5) is 0 Å². The molecular formula is C14H31NO3. The first-order valence-corrected chi connectivity index (χ1v) is 7.11. The fraction of sp³-hybridized carbons (Fsp3) is 1.00. The summed E-state index contributed by atoms with van der Waals surface area (Å²) in [5.74, 6) is 0.525. The molecule has 0 aromatic carbocycles. The topological polar surface area (TPSA) is 52.9 Å². The molecule has 0 fully saturated rings. The maximum Gasteiger partial charge on any atom is 0.0900 e. The zero-order valence-electron chi connectivity index (χ0n) is 12.4. The third-order valence-electron chi connectivity index (χ3n) is 2.57. The second kappa shape index (κ2) is 10.7. The van der Waals surface area contributed by atoms with E-state index in [1.165, 1.54) is 0 Å². The lowest BCUT2D eigenvalue weighted by molar-refractivity contribution is 0.00618. The highest BCUT2D eigenvalue weighted by Gasteiger charge is 2.15. The number of aliphatic hydroxyl groups is 2. The van der Waals surface area contributed by atoms with Crippen LogP contribution >= 0.6 is 0 Å². The van der Waals surface area contributed by atoms with Crippen LogP contribution in [0, 0.1) is 5.92 Å². The average molecular weight is 261 g/mol. The number of aliphatic hydroxyl groups excluding tert-OH is 2. The molecule has 0 aliphatic carbocycles. The van der Waals surface area contributed by atoms with Gasteiger partial charge in [-0.05, 0) is 19.3 Å². The third kappa shape index (κ3) is 11.0. The highest BCUT2D eigenvalue weighted by atomic mass is 16.5. The van der Waals surface area contributed by atoms with E-state index in [1.807, 2.05) is 0 Å². The minimum absolute atomic E-state index is 0.364. The van der Waals surface area contributed by atoms with E-state index in [2.05, 4.69) is 25.7 Å². The van der Waals surface area contributed by atoms with Gasteiger partial charge in [0.25, 0.3) is 0 Å². The van der Waals surface area contributed by atoms with Gasteiger partial charge in [0.2, 0.25) is 0 Å². The Kier molecular flexibility index (Phi) is 10.6. The van der Waals surface area contributed by atoms with E-state index < -0.39 is 6.10 Å². The molecule has 0 aliphatic rings. The summed E-state index contributed by atoms with van der Waals surface area (Å²) in [5.41, 5.74) is 0. The summed E-state index contributed by atoms with van der Waals surface area (Å²) in [5, 5.41) is 19.3. The van der Waals surface area contributed by atoms with E-state index in [0.29, 0.717) is 32.2 Å². The zero-order valence-corrected chi connectivity index (χ0v) is 12.4. The van der Waals surface area contributed by atoms with Gasteiger partial charge < -0.3 is 14.9 Å². The smallest absolute Gasteiger partial charge is 0.0900 e. The Morgan fingerprint density at radius 3 is 2.22 bits per heavy atom. The second-order valence-corrected chi connectivity index (χ2v) is 5.54. The lowest BCUT2D eigenvalue weighted by Gasteiger charge is -2.27.